The zero-order valence-corrected chi connectivity index (χ0v) is 9.42. The van der Waals surface area contributed by atoms with Crippen LogP contribution in [0.5, 0.6) is 0 Å². The molecule has 4 nitrogen and oxygen atoms in total. The molecule has 0 unspecified atom stereocenters. The van der Waals surface area contributed by atoms with Crippen molar-refractivity contribution in [2.45, 2.75) is 12.8 Å². The lowest BCUT2D eigenvalue weighted by Gasteiger charge is -2.15. The maximum absolute atomic E-state index is 11.9. The fourth-order valence-corrected chi connectivity index (χ4v) is 1.96. The quantitative estimate of drug-likeness (QED) is 0.562. The summed E-state index contributed by atoms with van der Waals surface area (Å²) >= 11 is 11.4. The predicted molar refractivity (Wildman–Crippen MR) is 57.2 cm³/mol. The summed E-state index contributed by atoms with van der Waals surface area (Å²) < 4.78 is 0. The van der Waals surface area contributed by atoms with Crippen LogP contribution in [0.2, 0.25) is 10.4 Å². The zero-order chi connectivity index (χ0) is 10.8. The van der Waals surface area contributed by atoms with Crippen molar-refractivity contribution < 1.29 is 4.79 Å². The molecule has 1 aliphatic heterocycles. The van der Waals surface area contributed by atoms with Crippen molar-refractivity contribution in [1.29, 1.82) is 0 Å². The molecule has 1 saturated heterocycles. The summed E-state index contributed by atoms with van der Waals surface area (Å²) in [6, 6.07) is 0. The summed E-state index contributed by atoms with van der Waals surface area (Å²) in [7, 11) is 0. The van der Waals surface area contributed by atoms with Crippen molar-refractivity contribution in [3.05, 3.63) is 22.2 Å². The average Bonchev–Trinajstić information content (AvgIpc) is 2.69. The minimum absolute atomic E-state index is 0.0537. The number of carbonyl (C=O) groups excluding carboxylic acids is 1. The van der Waals surface area contributed by atoms with E-state index < -0.39 is 0 Å². The van der Waals surface area contributed by atoms with Crippen LogP contribution in [0.25, 0.3) is 0 Å². The molecule has 0 N–H and O–H groups in total. The van der Waals surface area contributed by atoms with E-state index in [9.17, 15) is 4.79 Å². The number of aromatic nitrogens is 2. The Kier molecular flexibility index (Phi) is 3.07. The number of carbonyl (C=O) groups is 1. The zero-order valence-electron chi connectivity index (χ0n) is 7.91. The van der Waals surface area contributed by atoms with Crippen LogP contribution in [0.3, 0.4) is 0 Å². The van der Waals surface area contributed by atoms with Crippen LogP contribution >= 0.6 is 23.2 Å². The van der Waals surface area contributed by atoms with Gasteiger partial charge in [-0.3, -0.25) is 4.79 Å². The second-order valence-electron chi connectivity index (χ2n) is 3.34. The highest BCUT2D eigenvalue weighted by atomic mass is 35.5. The van der Waals surface area contributed by atoms with E-state index in [1.54, 1.807) is 4.90 Å². The third-order valence-corrected chi connectivity index (χ3v) is 2.81. The monoisotopic (exact) mass is 245 g/mol. The van der Waals surface area contributed by atoms with Gasteiger partial charge in [0, 0.05) is 19.3 Å². The number of rotatable bonds is 1. The van der Waals surface area contributed by atoms with Gasteiger partial charge in [0.25, 0.3) is 5.91 Å². The van der Waals surface area contributed by atoms with E-state index in [0.717, 1.165) is 25.9 Å². The summed E-state index contributed by atoms with van der Waals surface area (Å²) in [5.74, 6) is -0.117. The van der Waals surface area contributed by atoms with Gasteiger partial charge in [-0.25, -0.2) is 9.97 Å². The number of halogens is 2. The van der Waals surface area contributed by atoms with E-state index >= 15 is 0 Å². The first-order chi connectivity index (χ1) is 7.18. The predicted octanol–water partition coefficient (Wildman–Crippen LogP) is 2.02. The Hall–Kier alpha value is -0.870. The van der Waals surface area contributed by atoms with Gasteiger partial charge in [0.05, 0.1) is 5.56 Å². The fourth-order valence-electron chi connectivity index (χ4n) is 1.58. The third kappa shape index (κ3) is 2.21. The molecule has 0 atom stereocenters. The average molecular weight is 246 g/mol. The lowest BCUT2D eigenvalue weighted by molar-refractivity contribution is 0.0792. The summed E-state index contributed by atoms with van der Waals surface area (Å²) in [4.78, 5) is 21.1. The maximum Gasteiger partial charge on any atom is 0.258 e. The molecular formula is C9H9Cl2N3O. The molecule has 0 aromatic carbocycles. The van der Waals surface area contributed by atoms with Gasteiger partial charge in [-0.1, -0.05) is 11.6 Å². The molecule has 2 rings (SSSR count). The van der Waals surface area contributed by atoms with Gasteiger partial charge in [-0.15, -0.1) is 0 Å². The largest absolute Gasteiger partial charge is 0.339 e. The Morgan fingerprint density at radius 3 is 2.60 bits per heavy atom. The van der Waals surface area contributed by atoms with Crippen molar-refractivity contribution in [3.63, 3.8) is 0 Å². The van der Waals surface area contributed by atoms with Crippen molar-refractivity contribution in [1.82, 2.24) is 14.9 Å². The molecule has 0 aliphatic carbocycles. The highest BCUT2D eigenvalue weighted by molar-refractivity contribution is 6.34. The van der Waals surface area contributed by atoms with Gasteiger partial charge in [-0.2, -0.15) is 0 Å². The minimum Gasteiger partial charge on any atom is -0.339 e. The molecular weight excluding hydrogens is 237 g/mol. The number of nitrogens with zero attached hydrogens (tertiary/aromatic N) is 3. The lowest BCUT2D eigenvalue weighted by Crippen LogP contribution is -2.28. The number of likely N-dealkylation sites (tertiary alicyclic amines) is 1. The van der Waals surface area contributed by atoms with Crippen LogP contribution < -0.4 is 0 Å². The van der Waals surface area contributed by atoms with E-state index in [1.165, 1.54) is 6.20 Å². The van der Waals surface area contributed by atoms with Gasteiger partial charge in [0.2, 0.25) is 5.28 Å². The van der Waals surface area contributed by atoms with Crippen LogP contribution in [-0.4, -0.2) is 33.9 Å². The molecule has 1 amide bonds. The van der Waals surface area contributed by atoms with E-state index in [-0.39, 0.29) is 16.3 Å². The van der Waals surface area contributed by atoms with Gasteiger partial charge < -0.3 is 4.90 Å². The SMILES string of the molecule is O=C(c1cnc(Cl)nc1Cl)N1CCCC1. The Balaban J connectivity index is 2.24. The van der Waals surface area contributed by atoms with E-state index in [0.29, 0.717) is 5.56 Å². The van der Waals surface area contributed by atoms with Crippen molar-refractivity contribution in [2.75, 3.05) is 13.1 Å². The van der Waals surface area contributed by atoms with E-state index in [4.69, 9.17) is 23.2 Å². The summed E-state index contributed by atoms with van der Waals surface area (Å²) in [5, 5.41) is 0.171. The molecule has 15 heavy (non-hydrogen) atoms. The first-order valence-electron chi connectivity index (χ1n) is 4.66. The summed E-state index contributed by atoms with van der Waals surface area (Å²) in [5.41, 5.74) is 0.322. The highest BCUT2D eigenvalue weighted by Gasteiger charge is 2.22. The van der Waals surface area contributed by atoms with Gasteiger partial charge in [0.1, 0.15) is 5.15 Å². The molecule has 6 heteroatoms. The molecule has 0 bridgehead atoms. The Labute approximate surface area is 97.2 Å². The van der Waals surface area contributed by atoms with Crippen LogP contribution in [-0.2, 0) is 0 Å². The van der Waals surface area contributed by atoms with Crippen molar-refractivity contribution >= 4 is 29.1 Å². The lowest BCUT2D eigenvalue weighted by atomic mass is 10.3. The summed E-state index contributed by atoms with van der Waals surface area (Å²) in [6.45, 7) is 1.55. The summed E-state index contributed by atoms with van der Waals surface area (Å²) in [6.07, 6.45) is 3.45. The molecule has 0 spiro atoms. The van der Waals surface area contributed by atoms with Crippen LogP contribution in [0.4, 0.5) is 0 Å². The van der Waals surface area contributed by atoms with Crippen molar-refractivity contribution in [2.24, 2.45) is 0 Å². The number of amides is 1. The molecule has 80 valence electrons. The van der Waals surface area contributed by atoms with Gasteiger partial charge in [-0.05, 0) is 24.4 Å². The van der Waals surface area contributed by atoms with Crippen LogP contribution in [0, 0.1) is 0 Å². The molecule has 2 heterocycles. The standard InChI is InChI=1S/C9H9Cl2N3O/c10-7-6(5-12-9(11)13-7)8(15)14-3-1-2-4-14/h5H,1-4H2. The van der Waals surface area contributed by atoms with Gasteiger partial charge in [0.15, 0.2) is 0 Å². The fraction of sp³-hybridized carbons (Fsp3) is 0.444. The second-order valence-corrected chi connectivity index (χ2v) is 4.04. The van der Waals surface area contributed by atoms with Gasteiger partial charge >= 0.3 is 0 Å². The van der Waals surface area contributed by atoms with E-state index in [2.05, 4.69) is 9.97 Å². The minimum atomic E-state index is -0.117. The third-order valence-electron chi connectivity index (χ3n) is 2.34. The Morgan fingerprint density at radius 2 is 2.00 bits per heavy atom. The first kappa shape index (κ1) is 10.6. The van der Waals surface area contributed by atoms with E-state index in [1.807, 2.05) is 0 Å². The molecule has 0 saturated carbocycles. The number of hydrogen-bond acceptors (Lipinski definition) is 3. The topological polar surface area (TPSA) is 46.1 Å². The molecule has 1 aromatic rings. The number of hydrogen-bond donors (Lipinski definition) is 0. The normalized spacial score (nSPS) is 15.7. The first-order valence-corrected chi connectivity index (χ1v) is 5.41. The maximum atomic E-state index is 11.9. The Bertz CT molecular complexity index is 391. The molecule has 1 aliphatic rings. The molecule has 1 fully saturated rings. The Morgan fingerprint density at radius 1 is 1.33 bits per heavy atom. The highest BCUT2D eigenvalue weighted by Crippen LogP contribution is 2.18. The van der Waals surface area contributed by atoms with Crippen LogP contribution in [0.1, 0.15) is 23.2 Å². The molecule has 0 radical (unpaired) electrons. The smallest absolute Gasteiger partial charge is 0.258 e. The second kappa shape index (κ2) is 4.33. The van der Waals surface area contributed by atoms with Crippen LogP contribution in [0.15, 0.2) is 6.20 Å². The van der Waals surface area contributed by atoms with Crippen molar-refractivity contribution in [3.8, 4) is 0 Å². The molecule has 1 aromatic heterocycles.